The molecule has 0 saturated carbocycles. The van der Waals surface area contributed by atoms with Gasteiger partial charge >= 0.3 is 0 Å². The summed E-state index contributed by atoms with van der Waals surface area (Å²) in [5.41, 5.74) is 2.08. The topological polar surface area (TPSA) is 88.0 Å². The summed E-state index contributed by atoms with van der Waals surface area (Å²) in [7, 11) is 0. The van der Waals surface area contributed by atoms with Crippen molar-refractivity contribution in [3.8, 4) is 17.2 Å². The Bertz CT molecular complexity index is 860. The smallest absolute Gasteiger partial charge is 0.262 e. The maximum atomic E-state index is 11.5. The van der Waals surface area contributed by atoms with Crippen molar-refractivity contribution < 1.29 is 24.5 Å². The number of fused-ring (bicyclic) bond motifs is 1. The van der Waals surface area contributed by atoms with Crippen molar-refractivity contribution in [1.29, 1.82) is 0 Å². The van der Waals surface area contributed by atoms with Gasteiger partial charge in [-0.25, -0.2) is 0 Å². The van der Waals surface area contributed by atoms with Crippen LogP contribution in [0.3, 0.4) is 0 Å². The van der Waals surface area contributed by atoms with Crippen LogP contribution in [-0.4, -0.2) is 29.3 Å². The minimum Gasteiger partial charge on any atom is -0.508 e. The summed E-state index contributed by atoms with van der Waals surface area (Å²) in [6.07, 6.45) is 1.36. The van der Waals surface area contributed by atoms with Gasteiger partial charge < -0.3 is 25.0 Å². The van der Waals surface area contributed by atoms with Gasteiger partial charge in [-0.05, 0) is 55.4 Å². The Balaban J connectivity index is 1.65. The number of benzene rings is 2. The van der Waals surface area contributed by atoms with Crippen LogP contribution in [0, 0.1) is 5.41 Å². The van der Waals surface area contributed by atoms with Crippen molar-refractivity contribution >= 4 is 11.6 Å². The third-order valence-electron chi connectivity index (χ3n) is 5.09. The van der Waals surface area contributed by atoms with Crippen LogP contribution in [0.25, 0.3) is 0 Å². The summed E-state index contributed by atoms with van der Waals surface area (Å²) in [6.45, 7) is 6.86. The van der Waals surface area contributed by atoms with Gasteiger partial charge in [0, 0.05) is 11.6 Å². The fraction of sp³-hybridized carbons (Fsp3) is 0.435. The first-order valence-electron chi connectivity index (χ1n) is 9.97. The van der Waals surface area contributed by atoms with Gasteiger partial charge in [-0.3, -0.25) is 4.79 Å². The largest absolute Gasteiger partial charge is 0.508 e. The Hall–Kier alpha value is -2.73. The molecule has 1 unspecified atom stereocenters. The second-order valence-electron chi connectivity index (χ2n) is 8.22. The molecular weight excluding hydrogens is 370 g/mol. The molecule has 0 spiro atoms. The number of aromatic hydroxyl groups is 1. The molecule has 6 nitrogen and oxygen atoms in total. The third-order valence-corrected chi connectivity index (χ3v) is 5.09. The van der Waals surface area contributed by atoms with Crippen LogP contribution in [0.1, 0.15) is 50.8 Å². The number of nitrogens with one attached hydrogen (secondary N) is 1. The van der Waals surface area contributed by atoms with E-state index in [-0.39, 0.29) is 23.7 Å². The Morgan fingerprint density at radius 3 is 2.66 bits per heavy atom. The van der Waals surface area contributed by atoms with E-state index < -0.39 is 6.10 Å². The molecule has 29 heavy (non-hydrogen) atoms. The summed E-state index contributed by atoms with van der Waals surface area (Å²) < 4.78 is 11.0. The Kier molecular flexibility index (Phi) is 6.33. The van der Waals surface area contributed by atoms with Crippen molar-refractivity contribution in [1.82, 2.24) is 0 Å². The molecule has 3 rings (SSSR count). The fourth-order valence-electron chi connectivity index (χ4n) is 3.66. The molecule has 1 aliphatic heterocycles. The van der Waals surface area contributed by atoms with E-state index in [4.69, 9.17) is 9.47 Å². The second kappa shape index (κ2) is 8.74. The number of anilines is 1. The Morgan fingerprint density at radius 1 is 1.24 bits per heavy atom. The lowest BCUT2D eigenvalue weighted by molar-refractivity contribution is -0.118. The second-order valence-corrected chi connectivity index (χ2v) is 8.22. The third kappa shape index (κ3) is 5.41. The van der Waals surface area contributed by atoms with E-state index in [2.05, 4.69) is 31.3 Å². The first kappa shape index (κ1) is 21.0. The quantitative estimate of drug-likeness (QED) is 0.619. The van der Waals surface area contributed by atoms with E-state index >= 15 is 0 Å². The SMILES string of the molecule is CCOc1ccc(CC(C)(C)CCC(O)c2cc(O)cc3c2OCC(=O)N3)cc1. The molecule has 0 radical (unpaired) electrons. The highest BCUT2D eigenvalue weighted by molar-refractivity contribution is 5.96. The molecule has 156 valence electrons. The summed E-state index contributed by atoms with van der Waals surface area (Å²) in [5.74, 6) is 1.00. The molecule has 0 saturated heterocycles. The fourth-order valence-corrected chi connectivity index (χ4v) is 3.66. The van der Waals surface area contributed by atoms with Gasteiger partial charge in [0.1, 0.15) is 17.2 Å². The summed E-state index contributed by atoms with van der Waals surface area (Å²) in [6, 6.07) is 11.0. The number of hydrogen-bond donors (Lipinski definition) is 3. The van der Waals surface area contributed by atoms with Crippen LogP contribution < -0.4 is 14.8 Å². The average molecular weight is 399 g/mol. The van der Waals surface area contributed by atoms with Crippen LogP contribution in [-0.2, 0) is 11.2 Å². The number of phenolic OH excluding ortho intramolecular Hbond substituents is 1. The number of amides is 1. The van der Waals surface area contributed by atoms with Gasteiger partial charge in [-0.15, -0.1) is 0 Å². The lowest BCUT2D eigenvalue weighted by Gasteiger charge is -2.28. The van der Waals surface area contributed by atoms with Crippen LogP contribution >= 0.6 is 0 Å². The molecule has 2 aromatic carbocycles. The molecular formula is C23H29NO5. The van der Waals surface area contributed by atoms with Crippen LogP contribution in [0.15, 0.2) is 36.4 Å². The number of aliphatic hydroxyl groups is 1. The molecule has 0 bridgehead atoms. The van der Waals surface area contributed by atoms with Gasteiger partial charge in [-0.1, -0.05) is 26.0 Å². The van der Waals surface area contributed by atoms with Crippen LogP contribution in [0.2, 0.25) is 0 Å². The average Bonchev–Trinajstić information content (AvgIpc) is 2.66. The summed E-state index contributed by atoms with van der Waals surface area (Å²) in [5, 5.41) is 23.4. The van der Waals surface area contributed by atoms with Crippen molar-refractivity contribution in [3.05, 3.63) is 47.5 Å². The summed E-state index contributed by atoms with van der Waals surface area (Å²) >= 11 is 0. The Labute approximate surface area is 171 Å². The van der Waals surface area contributed by atoms with Crippen molar-refractivity contribution in [2.45, 2.75) is 46.1 Å². The van der Waals surface area contributed by atoms with Gasteiger partial charge in [0.25, 0.3) is 5.91 Å². The predicted octanol–water partition coefficient (Wildman–Crippen LogP) is 4.20. The zero-order chi connectivity index (χ0) is 21.0. The van der Waals surface area contributed by atoms with E-state index in [1.165, 1.54) is 17.7 Å². The predicted molar refractivity (Wildman–Crippen MR) is 112 cm³/mol. The normalized spacial score (nSPS) is 14.6. The van der Waals surface area contributed by atoms with Gasteiger partial charge in [0.15, 0.2) is 6.61 Å². The van der Waals surface area contributed by atoms with Gasteiger partial charge in [-0.2, -0.15) is 0 Å². The number of hydrogen-bond acceptors (Lipinski definition) is 5. The minimum absolute atomic E-state index is 0.0164. The molecule has 3 N–H and O–H groups in total. The van der Waals surface area contributed by atoms with Crippen molar-refractivity contribution in [2.75, 3.05) is 18.5 Å². The highest BCUT2D eigenvalue weighted by Crippen LogP contribution is 2.41. The minimum atomic E-state index is -0.801. The molecule has 1 atom stereocenters. The maximum absolute atomic E-state index is 11.5. The number of carbonyl (C=O) groups is 1. The van der Waals surface area contributed by atoms with Crippen molar-refractivity contribution in [3.63, 3.8) is 0 Å². The zero-order valence-electron chi connectivity index (χ0n) is 17.2. The summed E-state index contributed by atoms with van der Waals surface area (Å²) in [4.78, 5) is 11.5. The van der Waals surface area contributed by atoms with E-state index in [1.54, 1.807) is 0 Å². The van der Waals surface area contributed by atoms with E-state index in [0.717, 1.165) is 18.6 Å². The monoisotopic (exact) mass is 399 g/mol. The maximum Gasteiger partial charge on any atom is 0.262 e. The number of rotatable bonds is 8. The molecule has 0 fully saturated rings. The first-order chi connectivity index (χ1) is 13.8. The van der Waals surface area contributed by atoms with Gasteiger partial charge in [0.2, 0.25) is 0 Å². The number of phenols is 1. The molecule has 1 heterocycles. The number of ether oxygens (including phenoxy) is 2. The molecule has 6 heteroatoms. The molecule has 1 amide bonds. The zero-order valence-corrected chi connectivity index (χ0v) is 17.2. The lowest BCUT2D eigenvalue weighted by atomic mass is 9.80. The molecule has 0 aliphatic carbocycles. The first-order valence-corrected chi connectivity index (χ1v) is 9.97. The van der Waals surface area contributed by atoms with E-state index in [9.17, 15) is 15.0 Å². The Morgan fingerprint density at radius 2 is 1.97 bits per heavy atom. The standard InChI is InChI=1S/C23H29NO5/c1-4-28-17-7-5-15(6-8-17)13-23(2,3)10-9-20(26)18-11-16(25)12-19-22(18)29-14-21(27)24-19/h5-8,11-12,20,25-26H,4,9-10,13-14H2,1-3H3,(H,24,27). The highest BCUT2D eigenvalue weighted by atomic mass is 16.5. The highest BCUT2D eigenvalue weighted by Gasteiger charge is 2.26. The lowest BCUT2D eigenvalue weighted by Crippen LogP contribution is -2.26. The van der Waals surface area contributed by atoms with Crippen LogP contribution in [0.5, 0.6) is 17.2 Å². The van der Waals surface area contributed by atoms with E-state index in [0.29, 0.717) is 30.0 Å². The molecule has 2 aromatic rings. The molecule has 1 aliphatic rings. The van der Waals surface area contributed by atoms with Crippen LogP contribution in [0.4, 0.5) is 5.69 Å². The van der Waals surface area contributed by atoms with Gasteiger partial charge in [0.05, 0.1) is 18.4 Å². The molecule has 0 aromatic heterocycles. The number of carbonyl (C=O) groups excluding carboxylic acids is 1. The number of aliphatic hydroxyl groups excluding tert-OH is 1. The van der Waals surface area contributed by atoms with E-state index in [1.807, 2.05) is 19.1 Å². The van der Waals surface area contributed by atoms with Crippen molar-refractivity contribution in [2.24, 2.45) is 5.41 Å².